The topological polar surface area (TPSA) is 52.9 Å². The Morgan fingerprint density at radius 2 is 2.42 bits per heavy atom. The van der Waals surface area contributed by atoms with Gasteiger partial charge in [-0.1, -0.05) is 6.92 Å². The summed E-state index contributed by atoms with van der Waals surface area (Å²) in [7, 11) is 1.59. The number of carbonyl (C=O) groups is 1. The maximum absolute atomic E-state index is 10.7. The zero-order valence-electron chi connectivity index (χ0n) is 7.26. The van der Waals surface area contributed by atoms with Gasteiger partial charge in [0.05, 0.1) is 11.8 Å². The van der Waals surface area contributed by atoms with Crippen LogP contribution in [-0.2, 0) is 4.79 Å². The SMILES string of the molecule is CC/C(C#N)=C\SCC(=O)NC. The van der Waals surface area contributed by atoms with Gasteiger partial charge in [0.25, 0.3) is 0 Å². The number of rotatable bonds is 4. The fourth-order valence-corrected chi connectivity index (χ4v) is 1.28. The Balaban J connectivity index is 3.74. The number of amides is 1. The lowest BCUT2D eigenvalue weighted by molar-refractivity contribution is -0.118. The summed E-state index contributed by atoms with van der Waals surface area (Å²) in [5.41, 5.74) is 0.712. The molecular weight excluding hydrogens is 172 g/mol. The highest BCUT2D eigenvalue weighted by Crippen LogP contribution is 2.08. The fraction of sp³-hybridized carbons (Fsp3) is 0.500. The van der Waals surface area contributed by atoms with Crippen molar-refractivity contribution < 1.29 is 4.79 Å². The van der Waals surface area contributed by atoms with Crippen LogP contribution in [0.25, 0.3) is 0 Å². The Kier molecular flexibility index (Phi) is 6.21. The number of nitrogens with one attached hydrogen (secondary N) is 1. The lowest BCUT2D eigenvalue weighted by atomic mass is 10.3. The molecule has 0 unspecified atom stereocenters. The molecule has 0 aliphatic rings. The van der Waals surface area contributed by atoms with Crippen molar-refractivity contribution in [2.75, 3.05) is 12.8 Å². The van der Waals surface area contributed by atoms with Crippen LogP contribution < -0.4 is 5.32 Å². The molecule has 0 rings (SSSR count). The van der Waals surface area contributed by atoms with Crippen LogP contribution in [0.2, 0.25) is 0 Å². The molecule has 0 bridgehead atoms. The van der Waals surface area contributed by atoms with E-state index >= 15 is 0 Å². The van der Waals surface area contributed by atoms with E-state index in [1.54, 1.807) is 12.5 Å². The predicted molar refractivity (Wildman–Crippen MR) is 50.5 cm³/mol. The van der Waals surface area contributed by atoms with E-state index in [1.165, 1.54) is 11.8 Å². The van der Waals surface area contributed by atoms with Crippen LogP contribution in [0.1, 0.15) is 13.3 Å². The Bertz CT molecular complexity index is 218. The normalized spacial score (nSPS) is 10.6. The van der Waals surface area contributed by atoms with Gasteiger partial charge in [-0.3, -0.25) is 4.79 Å². The molecule has 66 valence electrons. The van der Waals surface area contributed by atoms with Gasteiger partial charge in [0.15, 0.2) is 0 Å². The van der Waals surface area contributed by atoms with E-state index in [2.05, 4.69) is 11.4 Å². The Labute approximate surface area is 76.8 Å². The molecule has 0 fully saturated rings. The average Bonchev–Trinajstić information content (AvgIpc) is 2.12. The Morgan fingerprint density at radius 3 is 2.83 bits per heavy atom. The minimum Gasteiger partial charge on any atom is -0.358 e. The van der Waals surface area contributed by atoms with E-state index in [0.29, 0.717) is 11.3 Å². The summed E-state index contributed by atoms with van der Waals surface area (Å²) in [4.78, 5) is 10.7. The Morgan fingerprint density at radius 1 is 1.75 bits per heavy atom. The van der Waals surface area contributed by atoms with E-state index in [-0.39, 0.29) is 5.91 Å². The quantitative estimate of drug-likeness (QED) is 0.670. The number of carbonyl (C=O) groups excluding carboxylic acids is 1. The summed E-state index contributed by atoms with van der Waals surface area (Å²) in [5.74, 6) is 0.353. The second kappa shape index (κ2) is 6.74. The third-order valence-electron chi connectivity index (χ3n) is 1.24. The summed E-state index contributed by atoms with van der Waals surface area (Å²) in [6.07, 6.45) is 0.719. The number of hydrogen-bond acceptors (Lipinski definition) is 3. The van der Waals surface area contributed by atoms with Crippen LogP contribution in [0.4, 0.5) is 0 Å². The van der Waals surface area contributed by atoms with Gasteiger partial charge in [0, 0.05) is 12.6 Å². The van der Waals surface area contributed by atoms with E-state index in [1.807, 2.05) is 6.92 Å². The Hall–Kier alpha value is -0.950. The number of nitrogens with zero attached hydrogens (tertiary/aromatic N) is 1. The highest BCUT2D eigenvalue weighted by Gasteiger charge is 1.96. The summed E-state index contributed by atoms with van der Waals surface area (Å²) in [6.45, 7) is 1.91. The van der Waals surface area contributed by atoms with E-state index in [4.69, 9.17) is 5.26 Å². The van der Waals surface area contributed by atoms with Crippen molar-refractivity contribution in [2.45, 2.75) is 13.3 Å². The second-order valence-electron chi connectivity index (χ2n) is 2.09. The highest BCUT2D eigenvalue weighted by atomic mass is 32.2. The zero-order valence-corrected chi connectivity index (χ0v) is 8.07. The molecule has 3 nitrogen and oxygen atoms in total. The number of nitriles is 1. The number of allylic oxidation sites excluding steroid dienone is 1. The standard InChI is InChI=1S/C8H12N2OS/c1-3-7(4-9)5-12-6-8(11)10-2/h5H,3,6H2,1-2H3,(H,10,11)/b7-5+. The number of thioether (sulfide) groups is 1. The maximum atomic E-state index is 10.7. The second-order valence-corrected chi connectivity index (χ2v) is 2.95. The minimum absolute atomic E-state index is 0.0235. The fourth-order valence-electron chi connectivity index (χ4n) is 0.479. The van der Waals surface area contributed by atoms with Gasteiger partial charge in [-0.25, -0.2) is 0 Å². The van der Waals surface area contributed by atoms with Crippen molar-refractivity contribution >= 4 is 17.7 Å². The first-order valence-corrected chi connectivity index (χ1v) is 4.70. The van der Waals surface area contributed by atoms with Crippen LogP contribution in [0.3, 0.4) is 0 Å². The molecule has 4 heteroatoms. The first kappa shape index (κ1) is 11.1. The van der Waals surface area contributed by atoms with Crippen molar-refractivity contribution in [2.24, 2.45) is 0 Å². The van der Waals surface area contributed by atoms with E-state index < -0.39 is 0 Å². The van der Waals surface area contributed by atoms with Crippen molar-refractivity contribution in [3.05, 3.63) is 11.0 Å². The molecule has 0 radical (unpaired) electrons. The van der Waals surface area contributed by atoms with Crippen LogP contribution in [0.15, 0.2) is 11.0 Å². The molecule has 0 saturated heterocycles. The molecule has 0 aliphatic carbocycles. The zero-order chi connectivity index (χ0) is 9.40. The van der Waals surface area contributed by atoms with E-state index in [9.17, 15) is 4.79 Å². The smallest absolute Gasteiger partial charge is 0.230 e. The van der Waals surface area contributed by atoms with Gasteiger partial charge in [-0.15, -0.1) is 11.8 Å². The molecule has 1 amide bonds. The molecule has 12 heavy (non-hydrogen) atoms. The van der Waals surface area contributed by atoms with Crippen molar-refractivity contribution in [3.63, 3.8) is 0 Å². The lowest BCUT2D eigenvalue weighted by Gasteiger charge is -1.95. The number of hydrogen-bond donors (Lipinski definition) is 1. The van der Waals surface area contributed by atoms with Crippen molar-refractivity contribution in [1.29, 1.82) is 5.26 Å². The van der Waals surface area contributed by atoms with Gasteiger partial charge in [0.2, 0.25) is 5.91 Å². The van der Waals surface area contributed by atoms with Gasteiger partial charge in [-0.2, -0.15) is 5.26 Å². The van der Waals surface area contributed by atoms with Gasteiger partial charge < -0.3 is 5.32 Å². The molecule has 0 heterocycles. The lowest BCUT2D eigenvalue weighted by Crippen LogP contribution is -2.19. The van der Waals surface area contributed by atoms with E-state index in [0.717, 1.165) is 6.42 Å². The van der Waals surface area contributed by atoms with Gasteiger partial charge in [0.1, 0.15) is 0 Å². The molecule has 0 atom stereocenters. The average molecular weight is 184 g/mol. The third kappa shape index (κ3) is 4.80. The van der Waals surface area contributed by atoms with Crippen LogP contribution in [-0.4, -0.2) is 18.7 Å². The summed E-state index contributed by atoms with van der Waals surface area (Å²) < 4.78 is 0. The van der Waals surface area contributed by atoms with Crippen molar-refractivity contribution in [3.8, 4) is 6.07 Å². The molecule has 0 saturated carbocycles. The first-order chi connectivity index (χ1) is 5.74. The maximum Gasteiger partial charge on any atom is 0.230 e. The molecule has 0 spiro atoms. The predicted octanol–water partition coefficient (Wildman–Crippen LogP) is 1.28. The molecule has 0 aromatic carbocycles. The van der Waals surface area contributed by atoms with Crippen LogP contribution in [0, 0.1) is 11.3 Å². The largest absolute Gasteiger partial charge is 0.358 e. The summed E-state index contributed by atoms with van der Waals surface area (Å²) >= 11 is 1.35. The molecule has 1 N–H and O–H groups in total. The molecule has 0 aromatic rings. The third-order valence-corrected chi connectivity index (χ3v) is 2.12. The van der Waals surface area contributed by atoms with Crippen LogP contribution >= 0.6 is 11.8 Å². The summed E-state index contributed by atoms with van der Waals surface area (Å²) in [6, 6.07) is 2.05. The monoisotopic (exact) mass is 184 g/mol. The molecule has 0 aliphatic heterocycles. The first-order valence-electron chi connectivity index (χ1n) is 3.65. The highest BCUT2D eigenvalue weighted by molar-refractivity contribution is 8.02. The molecule has 0 aromatic heterocycles. The molecular formula is C8H12N2OS. The van der Waals surface area contributed by atoms with Crippen LogP contribution in [0.5, 0.6) is 0 Å². The minimum atomic E-state index is -0.0235. The summed E-state index contributed by atoms with van der Waals surface area (Å²) in [5, 5.41) is 12.8. The van der Waals surface area contributed by atoms with Gasteiger partial charge >= 0.3 is 0 Å². The van der Waals surface area contributed by atoms with Gasteiger partial charge in [-0.05, 0) is 11.8 Å². The van der Waals surface area contributed by atoms with Crippen molar-refractivity contribution in [1.82, 2.24) is 5.32 Å².